The molecule has 1 heterocycles. The van der Waals surface area contributed by atoms with Gasteiger partial charge in [0.1, 0.15) is 6.07 Å². The Labute approximate surface area is 123 Å². The quantitative estimate of drug-likeness (QED) is 0.925. The molecule has 0 saturated carbocycles. The molecule has 0 aliphatic carbocycles. The molecule has 1 unspecified atom stereocenters. The van der Waals surface area contributed by atoms with E-state index in [1.165, 1.54) is 12.8 Å². The van der Waals surface area contributed by atoms with E-state index < -0.39 is 0 Å². The minimum atomic E-state index is 0.680. The maximum Gasteiger partial charge on any atom is 0.103 e. The third-order valence-electron chi connectivity index (χ3n) is 3.70. The molecule has 19 heavy (non-hydrogen) atoms. The lowest BCUT2D eigenvalue weighted by Gasteiger charge is -2.31. The number of nitriles is 1. The van der Waals surface area contributed by atoms with Crippen molar-refractivity contribution >= 4 is 21.6 Å². The third-order valence-corrected chi connectivity index (χ3v) is 4.36. The second-order valence-electron chi connectivity index (χ2n) is 5.00. The largest absolute Gasteiger partial charge is 0.370 e. The Balaban J connectivity index is 2.17. The number of anilines is 1. The lowest BCUT2D eigenvalue weighted by atomic mass is 9.98. The van der Waals surface area contributed by atoms with Crippen LogP contribution in [0, 0.1) is 17.2 Å². The molecule has 0 bridgehead atoms. The van der Waals surface area contributed by atoms with Crippen LogP contribution in [0.5, 0.6) is 0 Å². The molecule has 1 saturated heterocycles. The predicted octanol–water partition coefficient (Wildman–Crippen LogP) is 3.15. The Morgan fingerprint density at radius 2 is 2.37 bits per heavy atom. The van der Waals surface area contributed by atoms with Gasteiger partial charge in [0, 0.05) is 17.6 Å². The van der Waals surface area contributed by atoms with Gasteiger partial charge < -0.3 is 10.2 Å². The molecule has 4 heteroatoms. The third kappa shape index (κ3) is 3.49. The predicted molar refractivity (Wildman–Crippen MR) is 82.3 cm³/mol. The van der Waals surface area contributed by atoms with Crippen LogP contribution in [-0.2, 0) is 0 Å². The van der Waals surface area contributed by atoms with Crippen LogP contribution in [0.4, 0.5) is 5.69 Å². The number of nitrogens with zero attached hydrogens (tertiary/aromatic N) is 2. The van der Waals surface area contributed by atoms with Crippen LogP contribution in [0.3, 0.4) is 0 Å². The minimum Gasteiger partial charge on any atom is -0.370 e. The number of benzene rings is 1. The standard InChI is InChI=1S/C15H20BrN3/c1-2-19(11-12-5-4-8-18-10-12)15-7-3-6-14(16)13(15)9-17/h3,6-7,12,18H,2,4-5,8,10-11H2,1H3. The van der Waals surface area contributed by atoms with Crippen molar-refractivity contribution in [2.45, 2.75) is 19.8 Å². The van der Waals surface area contributed by atoms with Gasteiger partial charge in [0.05, 0.1) is 11.3 Å². The maximum atomic E-state index is 9.33. The van der Waals surface area contributed by atoms with Crippen molar-refractivity contribution in [3.63, 3.8) is 0 Å². The van der Waals surface area contributed by atoms with E-state index in [2.05, 4.69) is 39.1 Å². The molecule has 1 aliphatic heterocycles. The second kappa shape index (κ2) is 6.93. The van der Waals surface area contributed by atoms with Crippen LogP contribution in [0.2, 0.25) is 0 Å². The van der Waals surface area contributed by atoms with Crippen LogP contribution in [-0.4, -0.2) is 26.2 Å². The van der Waals surface area contributed by atoms with Crippen molar-refractivity contribution in [3.8, 4) is 6.07 Å². The van der Waals surface area contributed by atoms with E-state index in [4.69, 9.17) is 0 Å². The van der Waals surface area contributed by atoms with Gasteiger partial charge in [0.25, 0.3) is 0 Å². The molecule has 1 aromatic carbocycles. The molecule has 102 valence electrons. The number of halogens is 1. The minimum absolute atomic E-state index is 0.680. The fraction of sp³-hybridized carbons (Fsp3) is 0.533. The molecule has 0 aromatic heterocycles. The lowest BCUT2D eigenvalue weighted by molar-refractivity contribution is 0.378. The van der Waals surface area contributed by atoms with Crippen molar-refractivity contribution in [3.05, 3.63) is 28.2 Å². The first-order valence-electron chi connectivity index (χ1n) is 6.90. The molecule has 1 aromatic rings. The summed E-state index contributed by atoms with van der Waals surface area (Å²) in [6.07, 6.45) is 2.53. The van der Waals surface area contributed by atoms with E-state index in [1.54, 1.807) is 0 Å². The van der Waals surface area contributed by atoms with Gasteiger partial charge in [-0.2, -0.15) is 5.26 Å². The van der Waals surface area contributed by atoms with Gasteiger partial charge in [-0.05, 0) is 66.8 Å². The molecule has 1 aliphatic rings. The zero-order chi connectivity index (χ0) is 13.7. The van der Waals surface area contributed by atoms with Crippen molar-refractivity contribution in [2.24, 2.45) is 5.92 Å². The molecule has 3 nitrogen and oxygen atoms in total. The number of rotatable bonds is 4. The summed E-state index contributed by atoms with van der Waals surface area (Å²) in [7, 11) is 0. The van der Waals surface area contributed by atoms with Crippen LogP contribution in [0.15, 0.2) is 22.7 Å². The number of hydrogen-bond donors (Lipinski definition) is 1. The van der Waals surface area contributed by atoms with Gasteiger partial charge in [-0.15, -0.1) is 0 Å². The molecular weight excluding hydrogens is 302 g/mol. The second-order valence-corrected chi connectivity index (χ2v) is 5.85. The van der Waals surface area contributed by atoms with Gasteiger partial charge in [-0.1, -0.05) is 6.07 Å². The average molecular weight is 322 g/mol. The van der Waals surface area contributed by atoms with Crippen LogP contribution >= 0.6 is 15.9 Å². The Kier molecular flexibility index (Phi) is 5.24. The Morgan fingerprint density at radius 3 is 3.00 bits per heavy atom. The smallest absolute Gasteiger partial charge is 0.103 e. The number of piperidine rings is 1. The highest BCUT2D eigenvalue weighted by molar-refractivity contribution is 9.10. The van der Waals surface area contributed by atoms with Crippen molar-refractivity contribution in [2.75, 3.05) is 31.1 Å². The Bertz CT molecular complexity index is 461. The van der Waals surface area contributed by atoms with Crippen LogP contribution < -0.4 is 10.2 Å². The zero-order valence-corrected chi connectivity index (χ0v) is 12.9. The summed E-state index contributed by atoms with van der Waals surface area (Å²) in [4.78, 5) is 2.32. The molecule has 1 atom stereocenters. The van der Waals surface area contributed by atoms with Gasteiger partial charge in [-0.25, -0.2) is 0 Å². The monoisotopic (exact) mass is 321 g/mol. The summed E-state index contributed by atoms with van der Waals surface area (Å²) in [6, 6.07) is 8.29. The fourth-order valence-corrected chi connectivity index (χ4v) is 3.12. The van der Waals surface area contributed by atoms with Gasteiger partial charge in [0.2, 0.25) is 0 Å². The van der Waals surface area contributed by atoms with E-state index >= 15 is 0 Å². The summed E-state index contributed by atoms with van der Waals surface area (Å²) < 4.78 is 0.882. The molecule has 1 N–H and O–H groups in total. The van der Waals surface area contributed by atoms with Gasteiger partial charge in [0.15, 0.2) is 0 Å². The highest BCUT2D eigenvalue weighted by Crippen LogP contribution is 2.28. The topological polar surface area (TPSA) is 39.1 Å². The Hall–Kier alpha value is -1.05. The van der Waals surface area contributed by atoms with Crippen molar-refractivity contribution in [1.82, 2.24) is 5.32 Å². The van der Waals surface area contributed by atoms with Crippen LogP contribution in [0.1, 0.15) is 25.3 Å². The lowest BCUT2D eigenvalue weighted by Crippen LogP contribution is -2.38. The fourth-order valence-electron chi connectivity index (χ4n) is 2.68. The van der Waals surface area contributed by atoms with Gasteiger partial charge >= 0.3 is 0 Å². The molecular formula is C15H20BrN3. The van der Waals surface area contributed by atoms with Crippen molar-refractivity contribution < 1.29 is 0 Å². The van der Waals surface area contributed by atoms with Crippen LogP contribution in [0.25, 0.3) is 0 Å². The Morgan fingerprint density at radius 1 is 1.53 bits per heavy atom. The highest BCUT2D eigenvalue weighted by atomic mass is 79.9. The van der Waals surface area contributed by atoms with E-state index in [9.17, 15) is 5.26 Å². The number of hydrogen-bond acceptors (Lipinski definition) is 3. The summed E-state index contributed by atoms with van der Waals surface area (Å²) >= 11 is 3.47. The molecule has 0 radical (unpaired) electrons. The molecule has 0 spiro atoms. The number of nitrogens with one attached hydrogen (secondary N) is 1. The highest BCUT2D eigenvalue weighted by Gasteiger charge is 2.19. The van der Waals surface area contributed by atoms with E-state index in [1.807, 2.05) is 18.2 Å². The van der Waals surface area contributed by atoms with E-state index in [-0.39, 0.29) is 0 Å². The molecule has 0 amide bonds. The maximum absolute atomic E-state index is 9.33. The zero-order valence-electron chi connectivity index (χ0n) is 11.3. The first-order chi connectivity index (χ1) is 9.26. The van der Waals surface area contributed by atoms with E-state index in [0.29, 0.717) is 5.92 Å². The first-order valence-corrected chi connectivity index (χ1v) is 7.69. The van der Waals surface area contributed by atoms with E-state index in [0.717, 1.165) is 41.9 Å². The first kappa shape index (κ1) is 14.4. The normalized spacial score (nSPS) is 18.9. The summed E-state index contributed by atoms with van der Waals surface area (Å²) in [5.41, 5.74) is 1.79. The average Bonchev–Trinajstić information content (AvgIpc) is 2.45. The summed E-state index contributed by atoms with van der Waals surface area (Å²) in [5.74, 6) is 0.680. The van der Waals surface area contributed by atoms with Crippen molar-refractivity contribution in [1.29, 1.82) is 5.26 Å². The molecule has 1 fully saturated rings. The van der Waals surface area contributed by atoms with Gasteiger partial charge in [-0.3, -0.25) is 0 Å². The summed E-state index contributed by atoms with van der Waals surface area (Å²) in [5, 5.41) is 12.8. The summed E-state index contributed by atoms with van der Waals surface area (Å²) in [6.45, 7) is 6.34. The molecule has 2 rings (SSSR count). The SMILES string of the molecule is CCN(CC1CCCNC1)c1cccc(Br)c1C#N.